The molecule has 18 heavy (non-hydrogen) atoms. The number of anilines is 1. The molecule has 0 radical (unpaired) electrons. The van der Waals surface area contributed by atoms with Crippen LogP contribution in [0.4, 0.5) is 23.2 Å². The predicted molar refractivity (Wildman–Crippen MR) is 61.2 cm³/mol. The van der Waals surface area contributed by atoms with Crippen molar-refractivity contribution < 1.29 is 17.6 Å². The number of nitrogens with zero attached hydrogens (tertiary/aromatic N) is 2. The fourth-order valence-corrected chi connectivity index (χ4v) is 1.82. The molecule has 0 spiro atoms. The lowest BCUT2D eigenvalue weighted by Crippen LogP contribution is -2.38. The number of aliphatic imine (C=N–C) groups is 1. The Bertz CT molecular complexity index is 493. The predicted octanol–water partition coefficient (Wildman–Crippen LogP) is 3.69. The van der Waals surface area contributed by atoms with E-state index in [1.165, 1.54) is 12.1 Å². The molecule has 1 unspecified atom stereocenters. The Balaban J connectivity index is 2.43. The van der Waals surface area contributed by atoms with E-state index in [0.717, 1.165) is 29.3 Å². The van der Waals surface area contributed by atoms with E-state index in [0.29, 0.717) is 0 Å². The third kappa shape index (κ3) is 2.48. The minimum absolute atomic E-state index is 0.122. The van der Waals surface area contributed by atoms with Gasteiger partial charge in [0.2, 0.25) is 5.62 Å². The van der Waals surface area contributed by atoms with Crippen LogP contribution in [0.25, 0.3) is 0 Å². The quantitative estimate of drug-likeness (QED) is 0.435. The largest absolute Gasteiger partial charge is 0.431 e. The zero-order chi connectivity index (χ0) is 13.3. The molecular formula is C11H7ClF4N2. The number of alkyl halides is 4. The summed E-state index contributed by atoms with van der Waals surface area (Å²) >= 11 is 5.75. The minimum atomic E-state index is -4.56. The lowest BCUT2D eigenvalue weighted by molar-refractivity contribution is -0.0936. The van der Waals surface area contributed by atoms with Gasteiger partial charge >= 0.3 is 6.18 Å². The molecule has 2 rings (SSSR count). The van der Waals surface area contributed by atoms with Gasteiger partial charge in [0.1, 0.15) is 11.5 Å². The number of hydrogen-bond acceptors (Lipinski definition) is 2. The summed E-state index contributed by atoms with van der Waals surface area (Å²) < 4.78 is 51.2. The van der Waals surface area contributed by atoms with Gasteiger partial charge in [-0.15, -0.1) is 0 Å². The molecule has 0 fully saturated rings. The zero-order valence-corrected chi connectivity index (χ0v) is 9.58. The van der Waals surface area contributed by atoms with Crippen molar-refractivity contribution in [3.05, 3.63) is 41.9 Å². The van der Waals surface area contributed by atoms with Crippen LogP contribution in [0.3, 0.4) is 0 Å². The van der Waals surface area contributed by atoms with Gasteiger partial charge in [-0.2, -0.15) is 13.2 Å². The lowest BCUT2D eigenvalue weighted by atomic mass is 10.2. The van der Waals surface area contributed by atoms with Crippen molar-refractivity contribution in [1.29, 1.82) is 0 Å². The summed E-state index contributed by atoms with van der Waals surface area (Å²) in [4.78, 5) is 4.46. The first-order chi connectivity index (χ1) is 8.39. The van der Waals surface area contributed by atoms with Crippen LogP contribution in [-0.2, 0) is 0 Å². The van der Waals surface area contributed by atoms with Gasteiger partial charge in [0.05, 0.1) is 0 Å². The van der Waals surface area contributed by atoms with Gasteiger partial charge in [-0.3, -0.25) is 4.99 Å². The van der Waals surface area contributed by atoms with Crippen LogP contribution in [-0.4, -0.2) is 18.0 Å². The molecule has 1 aliphatic rings. The Morgan fingerprint density at radius 3 is 2.33 bits per heavy atom. The average molecular weight is 279 g/mol. The van der Waals surface area contributed by atoms with Crippen molar-refractivity contribution in [2.75, 3.05) is 4.90 Å². The highest BCUT2D eigenvalue weighted by molar-refractivity contribution is 6.22. The molecule has 96 valence electrons. The van der Waals surface area contributed by atoms with Crippen LogP contribution in [0.5, 0.6) is 0 Å². The molecule has 1 atom stereocenters. The van der Waals surface area contributed by atoms with Crippen LogP contribution >= 0.6 is 11.6 Å². The van der Waals surface area contributed by atoms with Crippen LogP contribution in [0.2, 0.25) is 0 Å². The number of allylic oxidation sites excluding steroid dienone is 2. The molecule has 0 bridgehead atoms. The first-order valence-electron chi connectivity index (χ1n) is 4.89. The zero-order valence-electron chi connectivity index (χ0n) is 8.83. The molecule has 0 saturated heterocycles. The van der Waals surface area contributed by atoms with Crippen molar-refractivity contribution in [3.63, 3.8) is 0 Å². The second-order valence-electron chi connectivity index (χ2n) is 3.50. The van der Waals surface area contributed by atoms with E-state index in [1.807, 2.05) is 0 Å². The average Bonchev–Trinajstić information content (AvgIpc) is 2.29. The summed E-state index contributed by atoms with van der Waals surface area (Å²) in [6.45, 7) is 0. The van der Waals surface area contributed by atoms with Crippen LogP contribution in [0, 0.1) is 5.82 Å². The highest BCUT2D eigenvalue weighted by Gasteiger charge is 2.41. The van der Waals surface area contributed by atoms with Crippen LogP contribution in [0.15, 0.2) is 41.0 Å². The lowest BCUT2D eigenvalue weighted by Gasteiger charge is -2.32. The maximum atomic E-state index is 12.8. The van der Waals surface area contributed by atoms with Gasteiger partial charge < -0.3 is 4.90 Å². The summed E-state index contributed by atoms with van der Waals surface area (Å²) in [5.74, 6) is -0.539. The van der Waals surface area contributed by atoms with E-state index in [2.05, 4.69) is 4.99 Å². The molecule has 0 amide bonds. The Hall–Kier alpha value is -1.56. The summed E-state index contributed by atoms with van der Waals surface area (Å²) in [5, 5.41) is 0. The molecule has 0 aromatic heterocycles. The van der Waals surface area contributed by atoms with Crippen molar-refractivity contribution in [3.8, 4) is 0 Å². The smallest absolute Gasteiger partial charge is 0.302 e. The summed E-state index contributed by atoms with van der Waals surface area (Å²) in [7, 11) is 0. The van der Waals surface area contributed by atoms with Crippen LogP contribution in [0.1, 0.15) is 0 Å². The van der Waals surface area contributed by atoms with E-state index in [1.54, 1.807) is 0 Å². The van der Waals surface area contributed by atoms with Crippen molar-refractivity contribution >= 4 is 23.5 Å². The first kappa shape index (κ1) is 12.9. The van der Waals surface area contributed by atoms with Gasteiger partial charge in [-0.25, -0.2) is 4.39 Å². The molecule has 7 heteroatoms. The van der Waals surface area contributed by atoms with Gasteiger partial charge in [0.25, 0.3) is 0 Å². The number of rotatable bonds is 1. The Kier molecular flexibility index (Phi) is 3.30. The van der Waals surface area contributed by atoms with Crippen molar-refractivity contribution in [1.82, 2.24) is 0 Å². The van der Waals surface area contributed by atoms with Gasteiger partial charge in [0, 0.05) is 11.9 Å². The van der Waals surface area contributed by atoms with E-state index >= 15 is 0 Å². The van der Waals surface area contributed by atoms with E-state index in [9.17, 15) is 17.6 Å². The maximum Gasteiger partial charge on any atom is 0.431 e. The first-order valence-corrected chi connectivity index (χ1v) is 5.33. The van der Waals surface area contributed by atoms with Gasteiger partial charge in [0.15, 0.2) is 0 Å². The molecule has 1 aromatic carbocycles. The second-order valence-corrected chi connectivity index (χ2v) is 3.90. The second kappa shape index (κ2) is 4.61. The normalized spacial score (nSPS) is 19.9. The maximum absolute atomic E-state index is 12.8. The molecule has 2 nitrogen and oxygen atoms in total. The molecular weight excluding hydrogens is 272 g/mol. The number of hydrogen-bond donors (Lipinski definition) is 0. The monoisotopic (exact) mass is 278 g/mol. The Morgan fingerprint density at radius 1 is 1.17 bits per heavy atom. The molecule has 1 heterocycles. The third-order valence-corrected chi connectivity index (χ3v) is 2.62. The van der Waals surface area contributed by atoms with E-state index in [4.69, 9.17) is 11.6 Å². The number of benzene rings is 1. The Morgan fingerprint density at radius 2 is 1.78 bits per heavy atom. The molecule has 0 saturated carbocycles. The number of halogens is 5. The van der Waals surface area contributed by atoms with E-state index in [-0.39, 0.29) is 5.69 Å². The highest BCUT2D eigenvalue weighted by atomic mass is 35.5. The fourth-order valence-electron chi connectivity index (χ4n) is 1.54. The molecule has 0 N–H and O–H groups in total. The highest BCUT2D eigenvalue weighted by Crippen LogP contribution is 2.36. The van der Waals surface area contributed by atoms with Crippen LogP contribution < -0.4 is 4.90 Å². The standard InChI is InChI=1S/C11H7ClF4N2/c12-10-17-6-5-9(11(14,15)16)18(10)8-3-1-7(13)2-4-8/h1-6,10H. The summed E-state index contributed by atoms with van der Waals surface area (Å²) in [6, 6.07) is 4.55. The fraction of sp³-hybridized carbons (Fsp3) is 0.182. The SMILES string of the molecule is Fc1ccc(N2C(C(F)(F)F)=CC=NC2Cl)cc1. The molecule has 1 aromatic rings. The third-order valence-electron chi connectivity index (χ3n) is 2.31. The van der Waals surface area contributed by atoms with E-state index < -0.39 is 23.3 Å². The summed E-state index contributed by atoms with van der Waals surface area (Å²) in [6.07, 6.45) is -2.74. The Labute approximate surface area is 105 Å². The van der Waals surface area contributed by atoms with Gasteiger partial charge in [-0.1, -0.05) is 11.6 Å². The molecule has 0 aliphatic carbocycles. The molecule has 1 aliphatic heterocycles. The minimum Gasteiger partial charge on any atom is -0.302 e. The van der Waals surface area contributed by atoms with Gasteiger partial charge in [-0.05, 0) is 30.3 Å². The van der Waals surface area contributed by atoms with Crippen molar-refractivity contribution in [2.45, 2.75) is 11.8 Å². The van der Waals surface area contributed by atoms with Crippen molar-refractivity contribution in [2.24, 2.45) is 4.99 Å². The summed E-state index contributed by atoms with van der Waals surface area (Å²) in [5.41, 5.74) is -2.03. The topological polar surface area (TPSA) is 15.6 Å².